The monoisotopic (exact) mass is 877 g/mol. The van der Waals surface area contributed by atoms with Crippen LogP contribution in [0.2, 0.25) is 0 Å². The van der Waals surface area contributed by atoms with Gasteiger partial charge in [0.1, 0.15) is 18.7 Å². The zero-order valence-electron chi connectivity index (χ0n) is 16.2. The van der Waals surface area contributed by atoms with Gasteiger partial charge in [-0.15, -0.1) is 0 Å². The lowest BCUT2D eigenvalue weighted by Gasteiger charge is -2.40. The lowest BCUT2D eigenvalue weighted by Crippen LogP contribution is -2.56. The summed E-state index contributed by atoms with van der Waals surface area (Å²) < 4.78 is 9.43. The molecule has 0 spiro atoms. The van der Waals surface area contributed by atoms with Gasteiger partial charge in [-0.3, -0.25) is 0 Å². The van der Waals surface area contributed by atoms with Crippen molar-refractivity contribution >= 4 is 103 Å². The standard InChI is InChI=1S/C20H19I4NO6/c1-2-3-12-30-18(29)25(24)20(23,17(27)28)19(21,22)13-4-8-15(9-5-13)31-16-10-6-14(26)7-11-16/h4-11,26H,2-3,12H2,1H3,(H,27,28)/t20-/m1/s1. The minimum atomic E-state index is -1.63. The zero-order valence-corrected chi connectivity index (χ0v) is 24.9. The molecule has 0 fully saturated rings. The summed E-state index contributed by atoms with van der Waals surface area (Å²) >= 11 is 7.58. The summed E-state index contributed by atoms with van der Waals surface area (Å²) in [5, 5.41) is 19.4. The predicted octanol–water partition coefficient (Wildman–Crippen LogP) is 7.01. The summed E-state index contributed by atoms with van der Waals surface area (Å²) in [6.45, 7) is 2.21. The van der Waals surface area contributed by atoms with E-state index in [1.54, 1.807) is 81.9 Å². The van der Waals surface area contributed by atoms with Gasteiger partial charge < -0.3 is 19.7 Å². The van der Waals surface area contributed by atoms with Gasteiger partial charge in [0.05, 0.1) is 29.5 Å². The third-order valence-electron chi connectivity index (χ3n) is 4.14. The summed E-state index contributed by atoms with van der Waals surface area (Å²) in [4.78, 5) is 24.8. The first-order valence-electron chi connectivity index (χ1n) is 9.04. The van der Waals surface area contributed by atoms with Crippen LogP contribution in [0, 0.1) is 0 Å². The molecule has 0 saturated carbocycles. The first kappa shape index (κ1) is 26.9. The van der Waals surface area contributed by atoms with E-state index in [2.05, 4.69) is 0 Å². The maximum absolute atomic E-state index is 12.5. The van der Waals surface area contributed by atoms with Crippen LogP contribution in [0.1, 0.15) is 25.3 Å². The van der Waals surface area contributed by atoms with Crippen molar-refractivity contribution in [3.63, 3.8) is 0 Å². The molecule has 168 valence electrons. The number of carboxylic acids is 1. The molecule has 2 aromatic rings. The number of unbranched alkanes of at least 4 members (excludes halogenated alkanes) is 1. The van der Waals surface area contributed by atoms with Gasteiger partial charge in [-0.25, -0.2) is 12.7 Å². The molecular formula is C20H19I4NO6. The summed E-state index contributed by atoms with van der Waals surface area (Å²) in [5.41, 5.74) is 0.687. The first-order chi connectivity index (χ1) is 14.5. The summed E-state index contributed by atoms with van der Waals surface area (Å²) in [6, 6.07) is 13.3. The number of phenolic OH excluding ortho intramolecular Hbond substituents is 1. The number of aliphatic carboxylic acids is 1. The molecule has 0 heterocycles. The molecule has 31 heavy (non-hydrogen) atoms. The Labute approximate surface area is 235 Å². The van der Waals surface area contributed by atoms with Gasteiger partial charge in [-0.05, 0) is 71.0 Å². The number of aromatic hydroxyl groups is 1. The molecule has 0 radical (unpaired) electrons. The first-order valence-corrected chi connectivity index (χ1v) is 13.2. The van der Waals surface area contributed by atoms with Crippen LogP contribution in [0.5, 0.6) is 17.2 Å². The van der Waals surface area contributed by atoms with E-state index >= 15 is 0 Å². The normalized spacial score (nSPS) is 13.2. The van der Waals surface area contributed by atoms with Crippen molar-refractivity contribution in [2.24, 2.45) is 0 Å². The van der Waals surface area contributed by atoms with Crippen molar-refractivity contribution in [2.75, 3.05) is 6.61 Å². The van der Waals surface area contributed by atoms with Crippen LogP contribution < -0.4 is 4.74 Å². The lowest BCUT2D eigenvalue weighted by atomic mass is 10.1. The maximum Gasteiger partial charge on any atom is 0.420 e. The van der Waals surface area contributed by atoms with Gasteiger partial charge >= 0.3 is 12.1 Å². The molecule has 0 bridgehead atoms. The van der Waals surface area contributed by atoms with E-state index in [0.29, 0.717) is 23.5 Å². The Bertz CT molecular complexity index is 907. The van der Waals surface area contributed by atoms with Gasteiger partial charge in [0.2, 0.25) is 3.55 Å². The minimum Gasteiger partial charge on any atom is -0.508 e. The SMILES string of the molecule is CCCCOC(=O)N(I)[C@](I)(C(=O)O)C(I)(I)c1ccc(Oc2ccc(O)cc2)cc1. The Hall–Kier alpha value is -0.300. The van der Waals surface area contributed by atoms with Gasteiger partial charge in [-0.2, -0.15) is 0 Å². The number of hydrogen-bond acceptors (Lipinski definition) is 5. The summed E-state index contributed by atoms with van der Waals surface area (Å²) in [5.74, 6) is 0.0922. The Balaban J connectivity index is 2.27. The van der Waals surface area contributed by atoms with E-state index in [-0.39, 0.29) is 12.4 Å². The quantitative estimate of drug-likeness (QED) is 0.0927. The number of benzene rings is 2. The van der Waals surface area contributed by atoms with Crippen molar-refractivity contribution in [1.29, 1.82) is 0 Å². The van der Waals surface area contributed by atoms with E-state index in [4.69, 9.17) is 9.47 Å². The van der Waals surface area contributed by atoms with Crippen molar-refractivity contribution < 1.29 is 29.3 Å². The number of carbonyl (C=O) groups is 2. The molecule has 1 amide bonds. The number of carboxylic acid groups (broad SMARTS) is 1. The van der Waals surface area contributed by atoms with Gasteiger partial charge in [-0.1, -0.05) is 70.7 Å². The molecule has 1 atom stereocenters. The van der Waals surface area contributed by atoms with Crippen molar-refractivity contribution in [3.8, 4) is 17.2 Å². The van der Waals surface area contributed by atoms with Gasteiger partial charge in [0.15, 0.2) is 0 Å². The van der Waals surface area contributed by atoms with Crippen LogP contribution in [0.4, 0.5) is 4.79 Å². The molecule has 0 aliphatic heterocycles. The molecule has 0 saturated heterocycles. The maximum atomic E-state index is 12.5. The molecule has 0 unspecified atom stereocenters. The van der Waals surface area contributed by atoms with E-state index in [9.17, 15) is 19.8 Å². The Morgan fingerprint density at radius 3 is 2.00 bits per heavy atom. The average molecular weight is 877 g/mol. The Morgan fingerprint density at radius 1 is 1.00 bits per heavy atom. The number of ether oxygens (including phenoxy) is 2. The van der Waals surface area contributed by atoms with Gasteiger partial charge in [0.25, 0.3) is 0 Å². The van der Waals surface area contributed by atoms with Crippen LogP contribution in [-0.2, 0) is 11.0 Å². The zero-order chi connectivity index (χ0) is 23.2. The third kappa shape index (κ3) is 6.39. The van der Waals surface area contributed by atoms with E-state index < -0.39 is 17.0 Å². The largest absolute Gasteiger partial charge is 0.508 e. The fourth-order valence-corrected chi connectivity index (χ4v) is 6.20. The number of hydrogen-bond donors (Lipinski definition) is 2. The number of phenols is 1. The molecule has 0 aliphatic carbocycles. The summed E-state index contributed by atoms with van der Waals surface area (Å²) in [6.07, 6.45) is 0.875. The number of alkyl halides is 3. The van der Waals surface area contributed by atoms with Crippen molar-refractivity contribution in [1.82, 2.24) is 3.11 Å². The van der Waals surface area contributed by atoms with Crippen LogP contribution in [0.3, 0.4) is 0 Å². The fourth-order valence-electron chi connectivity index (χ4n) is 2.40. The molecule has 7 nitrogen and oxygen atoms in total. The number of rotatable bonds is 9. The number of halogens is 4. The molecule has 0 aliphatic rings. The van der Waals surface area contributed by atoms with Crippen LogP contribution in [0.15, 0.2) is 48.5 Å². The lowest BCUT2D eigenvalue weighted by molar-refractivity contribution is -0.141. The smallest absolute Gasteiger partial charge is 0.420 e. The highest BCUT2D eigenvalue weighted by atomic mass is 127. The molecule has 11 heteroatoms. The van der Waals surface area contributed by atoms with Crippen LogP contribution in [-0.4, -0.2) is 35.5 Å². The highest BCUT2D eigenvalue weighted by Crippen LogP contribution is 2.56. The number of carbonyl (C=O) groups excluding carboxylic acids is 1. The van der Waals surface area contributed by atoms with Crippen molar-refractivity contribution in [3.05, 3.63) is 54.1 Å². The van der Waals surface area contributed by atoms with Gasteiger partial charge in [0, 0.05) is 0 Å². The summed E-state index contributed by atoms with van der Waals surface area (Å²) in [7, 11) is 0. The van der Waals surface area contributed by atoms with Crippen LogP contribution >= 0.6 is 90.6 Å². The predicted molar refractivity (Wildman–Crippen MR) is 151 cm³/mol. The topological polar surface area (TPSA) is 96.3 Å². The second kappa shape index (κ2) is 11.7. The highest BCUT2D eigenvalue weighted by Gasteiger charge is 2.59. The van der Waals surface area contributed by atoms with E-state index in [1.165, 1.54) is 12.1 Å². The second-order valence-corrected chi connectivity index (χ2v) is 14.2. The van der Waals surface area contributed by atoms with E-state index in [1.807, 2.05) is 52.1 Å². The minimum absolute atomic E-state index is 0.144. The Morgan fingerprint density at radius 2 is 1.52 bits per heavy atom. The van der Waals surface area contributed by atoms with Crippen molar-refractivity contribution in [2.45, 2.75) is 24.7 Å². The van der Waals surface area contributed by atoms with Crippen LogP contribution in [0.25, 0.3) is 0 Å². The molecule has 2 aromatic carbocycles. The molecular weight excluding hydrogens is 858 g/mol. The Kier molecular flexibility index (Phi) is 10.2. The number of amides is 1. The van der Waals surface area contributed by atoms with E-state index in [0.717, 1.165) is 9.53 Å². The highest BCUT2D eigenvalue weighted by molar-refractivity contribution is 14.2. The average Bonchev–Trinajstić information content (AvgIpc) is 2.74. The molecule has 0 aromatic heterocycles. The second-order valence-electron chi connectivity index (χ2n) is 6.37. The molecule has 2 rings (SSSR count). The molecule has 2 N–H and O–H groups in total. The third-order valence-corrected chi connectivity index (χ3v) is 12.8. The number of nitrogens with zero attached hydrogens (tertiary/aromatic N) is 1. The fraction of sp³-hybridized carbons (Fsp3) is 0.300.